The number of aryl methyl sites for hydroxylation is 3. The maximum atomic E-state index is 11.8. The highest BCUT2D eigenvalue weighted by molar-refractivity contribution is 5.86. The minimum atomic E-state index is -1.24. The first-order chi connectivity index (χ1) is 10.2. The van der Waals surface area contributed by atoms with E-state index in [1.165, 1.54) is 13.8 Å². The summed E-state index contributed by atoms with van der Waals surface area (Å²) in [5.74, 6) is -0.440. The predicted octanol–water partition coefficient (Wildman–Crippen LogP) is 2.61. The lowest BCUT2D eigenvalue weighted by Gasteiger charge is -2.21. The van der Waals surface area contributed by atoms with Gasteiger partial charge in [-0.05, 0) is 51.7 Å². The topological polar surface area (TPSA) is 75.6 Å². The number of hydrogen-bond donors (Lipinski definition) is 2. The number of carboxylic acids is 1. The number of aliphatic carboxylic acids is 1. The van der Waals surface area contributed by atoms with Crippen molar-refractivity contribution < 1.29 is 19.4 Å². The van der Waals surface area contributed by atoms with Crippen LogP contribution in [-0.2, 0) is 16.0 Å². The second-order valence-corrected chi connectivity index (χ2v) is 6.11. The van der Waals surface area contributed by atoms with Crippen LogP contribution in [0.25, 0.3) is 0 Å². The van der Waals surface area contributed by atoms with Crippen molar-refractivity contribution >= 4 is 11.9 Å². The molecule has 0 unspecified atom stereocenters. The van der Waals surface area contributed by atoms with Crippen LogP contribution in [0.15, 0.2) is 12.1 Å². The number of carbonyl (C=O) groups is 2. The van der Waals surface area contributed by atoms with Crippen LogP contribution in [0.1, 0.15) is 43.4 Å². The second-order valence-electron chi connectivity index (χ2n) is 6.11. The molecule has 1 aromatic rings. The van der Waals surface area contributed by atoms with Crippen molar-refractivity contribution in [2.45, 2.75) is 52.5 Å². The Morgan fingerprint density at radius 2 is 1.91 bits per heavy atom. The molecule has 0 aromatic heterocycles. The van der Waals surface area contributed by atoms with Gasteiger partial charge in [-0.2, -0.15) is 0 Å². The SMILES string of the molecule is COc1c(C)cc(C)cc1CCCC(=O)NC(C)(C)C(=O)O. The second kappa shape index (κ2) is 7.29. The minimum Gasteiger partial charge on any atom is -0.496 e. The summed E-state index contributed by atoms with van der Waals surface area (Å²) in [5.41, 5.74) is 2.07. The molecule has 0 aliphatic carbocycles. The Labute approximate surface area is 131 Å². The summed E-state index contributed by atoms with van der Waals surface area (Å²) in [5, 5.41) is 11.5. The fraction of sp³-hybridized carbons (Fsp3) is 0.529. The van der Waals surface area contributed by atoms with Crippen LogP contribution in [0, 0.1) is 13.8 Å². The summed E-state index contributed by atoms with van der Waals surface area (Å²) in [6.07, 6.45) is 1.64. The van der Waals surface area contributed by atoms with Gasteiger partial charge in [0.05, 0.1) is 7.11 Å². The van der Waals surface area contributed by atoms with Gasteiger partial charge in [0, 0.05) is 6.42 Å². The maximum absolute atomic E-state index is 11.8. The molecule has 1 aromatic carbocycles. The van der Waals surface area contributed by atoms with Gasteiger partial charge in [-0.3, -0.25) is 4.79 Å². The monoisotopic (exact) mass is 307 g/mol. The number of ether oxygens (including phenoxy) is 1. The molecule has 0 fully saturated rings. The molecule has 1 rings (SSSR count). The van der Waals surface area contributed by atoms with E-state index < -0.39 is 11.5 Å². The first kappa shape index (κ1) is 18.0. The van der Waals surface area contributed by atoms with Crippen molar-refractivity contribution in [3.63, 3.8) is 0 Å². The minimum absolute atomic E-state index is 0.254. The number of hydrogen-bond acceptors (Lipinski definition) is 3. The van der Waals surface area contributed by atoms with E-state index in [0.29, 0.717) is 12.8 Å². The Kier molecular flexibility index (Phi) is 5.97. The molecule has 5 nitrogen and oxygen atoms in total. The third-order valence-electron chi connectivity index (χ3n) is 3.54. The van der Waals surface area contributed by atoms with Gasteiger partial charge in [-0.25, -0.2) is 4.79 Å². The van der Waals surface area contributed by atoms with E-state index in [1.54, 1.807) is 7.11 Å². The first-order valence-corrected chi connectivity index (χ1v) is 7.36. The van der Waals surface area contributed by atoms with Crippen LogP contribution >= 0.6 is 0 Å². The molecular weight excluding hydrogens is 282 g/mol. The van der Waals surface area contributed by atoms with E-state index in [1.807, 2.05) is 13.8 Å². The molecule has 0 heterocycles. The van der Waals surface area contributed by atoms with E-state index in [0.717, 1.165) is 22.4 Å². The molecule has 0 radical (unpaired) electrons. The fourth-order valence-corrected chi connectivity index (χ4v) is 2.42. The molecule has 0 saturated carbocycles. The summed E-state index contributed by atoms with van der Waals surface area (Å²) in [7, 11) is 1.64. The van der Waals surface area contributed by atoms with Crippen LogP contribution in [0.5, 0.6) is 5.75 Å². The molecular formula is C17H25NO4. The highest BCUT2D eigenvalue weighted by Crippen LogP contribution is 2.26. The lowest BCUT2D eigenvalue weighted by Crippen LogP contribution is -2.49. The van der Waals surface area contributed by atoms with Crippen molar-refractivity contribution in [1.29, 1.82) is 0 Å². The van der Waals surface area contributed by atoms with Crippen molar-refractivity contribution in [3.05, 3.63) is 28.8 Å². The van der Waals surface area contributed by atoms with Crippen LogP contribution in [-0.4, -0.2) is 29.6 Å². The van der Waals surface area contributed by atoms with Gasteiger partial charge >= 0.3 is 5.97 Å². The third kappa shape index (κ3) is 4.76. The lowest BCUT2D eigenvalue weighted by atomic mass is 10.0. The van der Waals surface area contributed by atoms with Crippen LogP contribution < -0.4 is 10.1 Å². The summed E-state index contributed by atoms with van der Waals surface area (Å²) < 4.78 is 5.42. The van der Waals surface area contributed by atoms with E-state index >= 15 is 0 Å². The molecule has 0 aliphatic rings. The number of carbonyl (C=O) groups excluding carboxylic acids is 1. The van der Waals surface area contributed by atoms with Gasteiger partial charge in [0.1, 0.15) is 11.3 Å². The smallest absolute Gasteiger partial charge is 0.328 e. The Hall–Kier alpha value is -2.04. The quantitative estimate of drug-likeness (QED) is 0.812. The average Bonchev–Trinajstić information content (AvgIpc) is 2.37. The molecule has 5 heteroatoms. The van der Waals surface area contributed by atoms with Gasteiger partial charge in [-0.1, -0.05) is 17.7 Å². The van der Waals surface area contributed by atoms with Crippen molar-refractivity contribution in [1.82, 2.24) is 5.32 Å². The third-order valence-corrected chi connectivity index (χ3v) is 3.54. The van der Waals surface area contributed by atoms with E-state index in [2.05, 4.69) is 17.4 Å². The number of amides is 1. The highest BCUT2D eigenvalue weighted by Gasteiger charge is 2.28. The normalized spacial score (nSPS) is 11.1. The van der Waals surface area contributed by atoms with Crippen molar-refractivity contribution in [3.8, 4) is 5.75 Å². The lowest BCUT2D eigenvalue weighted by molar-refractivity contribution is -0.146. The van der Waals surface area contributed by atoms with Gasteiger partial charge in [0.25, 0.3) is 0 Å². The Balaban J connectivity index is 2.62. The zero-order chi connectivity index (χ0) is 16.9. The van der Waals surface area contributed by atoms with Gasteiger partial charge < -0.3 is 15.2 Å². The van der Waals surface area contributed by atoms with Crippen LogP contribution in [0.2, 0.25) is 0 Å². The largest absolute Gasteiger partial charge is 0.496 e. The van der Waals surface area contributed by atoms with Gasteiger partial charge in [0.15, 0.2) is 0 Å². The molecule has 0 bridgehead atoms. The van der Waals surface area contributed by atoms with Gasteiger partial charge in [-0.15, -0.1) is 0 Å². The average molecular weight is 307 g/mol. The zero-order valence-corrected chi connectivity index (χ0v) is 13.9. The molecule has 2 N–H and O–H groups in total. The summed E-state index contributed by atoms with van der Waals surface area (Å²) in [6, 6.07) is 4.12. The highest BCUT2D eigenvalue weighted by atomic mass is 16.5. The molecule has 0 atom stereocenters. The molecule has 1 amide bonds. The number of carboxylic acid groups (broad SMARTS) is 1. The summed E-state index contributed by atoms with van der Waals surface area (Å²) >= 11 is 0. The number of benzene rings is 1. The molecule has 0 aliphatic heterocycles. The zero-order valence-electron chi connectivity index (χ0n) is 13.9. The van der Waals surface area contributed by atoms with Gasteiger partial charge in [0.2, 0.25) is 5.91 Å². The van der Waals surface area contributed by atoms with E-state index in [4.69, 9.17) is 9.84 Å². The Morgan fingerprint density at radius 3 is 2.45 bits per heavy atom. The predicted molar refractivity (Wildman–Crippen MR) is 85.3 cm³/mol. The number of nitrogens with one attached hydrogen (secondary N) is 1. The summed E-state index contributed by atoms with van der Waals surface area (Å²) in [4.78, 5) is 22.8. The maximum Gasteiger partial charge on any atom is 0.328 e. The number of methoxy groups -OCH3 is 1. The van der Waals surface area contributed by atoms with E-state index in [9.17, 15) is 9.59 Å². The molecule has 122 valence electrons. The number of rotatable bonds is 7. The Bertz CT molecular complexity index is 564. The summed E-state index contributed by atoms with van der Waals surface area (Å²) in [6.45, 7) is 6.97. The first-order valence-electron chi connectivity index (χ1n) is 7.36. The van der Waals surface area contributed by atoms with Crippen molar-refractivity contribution in [2.75, 3.05) is 7.11 Å². The van der Waals surface area contributed by atoms with Crippen LogP contribution in [0.3, 0.4) is 0 Å². The van der Waals surface area contributed by atoms with E-state index in [-0.39, 0.29) is 12.3 Å². The van der Waals surface area contributed by atoms with Crippen molar-refractivity contribution in [2.24, 2.45) is 0 Å². The molecule has 22 heavy (non-hydrogen) atoms. The Morgan fingerprint density at radius 1 is 1.27 bits per heavy atom. The van der Waals surface area contributed by atoms with Crippen LogP contribution in [0.4, 0.5) is 0 Å². The standard InChI is InChI=1S/C17H25NO4/c1-11-9-12(2)15(22-5)13(10-11)7-6-8-14(19)18-17(3,4)16(20)21/h9-10H,6-8H2,1-5H3,(H,18,19)(H,20,21). The fourth-order valence-electron chi connectivity index (χ4n) is 2.42. The molecule has 0 spiro atoms. The molecule has 0 saturated heterocycles.